The lowest BCUT2D eigenvalue weighted by Crippen LogP contribution is -2.01. The maximum Gasteiger partial charge on any atom is 0.0716 e. The van der Waals surface area contributed by atoms with E-state index in [1.165, 1.54) is 24.0 Å². The first-order valence-electron chi connectivity index (χ1n) is 4.28. The van der Waals surface area contributed by atoms with Gasteiger partial charge in [0.25, 0.3) is 0 Å². The predicted molar refractivity (Wildman–Crippen MR) is 47.6 cm³/mol. The van der Waals surface area contributed by atoms with E-state index in [-0.39, 0.29) is 0 Å². The number of rotatable bonds is 3. The van der Waals surface area contributed by atoms with Crippen LogP contribution in [0.1, 0.15) is 26.7 Å². The second-order valence-corrected chi connectivity index (χ2v) is 2.83. The SMILES string of the molecule is CCOCC1=CCCC=C1C. The summed E-state index contributed by atoms with van der Waals surface area (Å²) in [4.78, 5) is 0. The molecule has 1 aliphatic carbocycles. The molecule has 0 N–H and O–H groups in total. The summed E-state index contributed by atoms with van der Waals surface area (Å²) in [5.74, 6) is 0. The first kappa shape index (κ1) is 8.54. The van der Waals surface area contributed by atoms with Crippen molar-refractivity contribution in [3.63, 3.8) is 0 Å². The number of allylic oxidation sites excluding steroid dienone is 2. The van der Waals surface area contributed by atoms with Gasteiger partial charge in [-0.15, -0.1) is 0 Å². The lowest BCUT2D eigenvalue weighted by atomic mass is 10.0. The molecule has 0 saturated heterocycles. The van der Waals surface area contributed by atoms with Crippen LogP contribution in [0.3, 0.4) is 0 Å². The summed E-state index contributed by atoms with van der Waals surface area (Å²) in [6.07, 6.45) is 6.94. The molecule has 0 heterocycles. The number of hydrogen-bond donors (Lipinski definition) is 0. The van der Waals surface area contributed by atoms with Gasteiger partial charge in [-0.2, -0.15) is 0 Å². The highest BCUT2D eigenvalue weighted by Crippen LogP contribution is 2.17. The lowest BCUT2D eigenvalue weighted by molar-refractivity contribution is 0.171. The van der Waals surface area contributed by atoms with Crippen LogP contribution in [0, 0.1) is 0 Å². The molecule has 0 aromatic heterocycles. The van der Waals surface area contributed by atoms with Crippen LogP contribution < -0.4 is 0 Å². The van der Waals surface area contributed by atoms with Crippen molar-refractivity contribution in [2.75, 3.05) is 13.2 Å². The Morgan fingerprint density at radius 1 is 1.36 bits per heavy atom. The minimum absolute atomic E-state index is 0.791. The van der Waals surface area contributed by atoms with Crippen LogP contribution in [0.2, 0.25) is 0 Å². The first-order chi connectivity index (χ1) is 5.34. The van der Waals surface area contributed by atoms with Gasteiger partial charge in [0.15, 0.2) is 0 Å². The van der Waals surface area contributed by atoms with E-state index in [2.05, 4.69) is 19.1 Å². The van der Waals surface area contributed by atoms with E-state index in [9.17, 15) is 0 Å². The zero-order chi connectivity index (χ0) is 8.10. The molecule has 1 rings (SSSR count). The predicted octanol–water partition coefficient (Wildman–Crippen LogP) is 2.69. The van der Waals surface area contributed by atoms with Crippen molar-refractivity contribution >= 4 is 0 Å². The summed E-state index contributed by atoms with van der Waals surface area (Å²) in [5, 5.41) is 0. The van der Waals surface area contributed by atoms with Gasteiger partial charge in [0, 0.05) is 6.61 Å². The summed E-state index contributed by atoms with van der Waals surface area (Å²) >= 11 is 0. The van der Waals surface area contributed by atoms with Crippen molar-refractivity contribution in [2.45, 2.75) is 26.7 Å². The second kappa shape index (κ2) is 4.35. The topological polar surface area (TPSA) is 9.23 Å². The van der Waals surface area contributed by atoms with E-state index in [4.69, 9.17) is 4.74 Å². The third-order valence-corrected chi connectivity index (χ3v) is 1.98. The third kappa shape index (κ3) is 2.51. The highest BCUT2D eigenvalue weighted by molar-refractivity contribution is 5.32. The van der Waals surface area contributed by atoms with E-state index in [1.807, 2.05) is 6.92 Å². The molecule has 0 bridgehead atoms. The minimum Gasteiger partial charge on any atom is -0.377 e. The van der Waals surface area contributed by atoms with E-state index in [0.29, 0.717) is 0 Å². The molecule has 1 heteroatoms. The molecule has 0 aromatic rings. The van der Waals surface area contributed by atoms with Gasteiger partial charge < -0.3 is 4.74 Å². The van der Waals surface area contributed by atoms with Gasteiger partial charge in [0.1, 0.15) is 0 Å². The standard InChI is InChI=1S/C10H16O/c1-3-11-8-10-7-5-4-6-9(10)2/h6-7H,3-5,8H2,1-2H3. The maximum atomic E-state index is 5.33. The van der Waals surface area contributed by atoms with Gasteiger partial charge >= 0.3 is 0 Å². The van der Waals surface area contributed by atoms with Gasteiger partial charge in [-0.05, 0) is 37.8 Å². The van der Waals surface area contributed by atoms with Gasteiger partial charge in [-0.25, -0.2) is 0 Å². The third-order valence-electron chi connectivity index (χ3n) is 1.98. The van der Waals surface area contributed by atoms with Crippen molar-refractivity contribution in [1.29, 1.82) is 0 Å². The molecule has 0 fully saturated rings. The molecule has 1 nitrogen and oxygen atoms in total. The van der Waals surface area contributed by atoms with Gasteiger partial charge in [0.05, 0.1) is 6.61 Å². The molecule has 0 spiro atoms. The number of hydrogen-bond acceptors (Lipinski definition) is 1. The van der Waals surface area contributed by atoms with E-state index in [1.54, 1.807) is 0 Å². The maximum absolute atomic E-state index is 5.33. The van der Waals surface area contributed by atoms with E-state index < -0.39 is 0 Å². The highest BCUT2D eigenvalue weighted by Gasteiger charge is 2.02. The second-order valence-electron chi connectivity index (χ2n) is 2.83. The first-order valence-corrected chi connectivity index (χ1v) is 4.28. The molecular weight excluding hydrogens is 136 g/mol. The van der Waals surface area contributed by atoms with Crippen LogP contribution in [0.25, 0.3) is 0 Å². The molecule has 62 valence electrons. The van der Waals surface area contributed by atoms with Gasteiger partial charge in [0.2, 0.25) is 0 Å². The normalized spacial score (nSPS) is 17.6. The molecule has 0 unspecified atom stereocenters. The molecule has 0 amide bonds. The van der Waals surface area contributed by atoms with Crippen LogP contribution in [0.5, 0.6) is 0 Å². The molecule has 1 aliphatic rings. The van der Waals surface area contributed by atoms with Crippen molar-refractivity contribution in [1.82, 2.24) is 0 Å². The zero-order valence-corrected chi connectivity index (χ0v) is 7.39. The Morgan fingerprint density at radius 2 is 2.09 bits per heavy atom. The van der Waals surface area contributed by atoms with Crippen LogP contribution in [0.4, 0.5) is 0 Å². The Hall–Kier alpha value is -0.560. The quantitative estimate of drug-likeness (QED) is 0.604. The highest BCUT2D eigenvalue weighted by atomic mass is 16.5. The average molecular weight is 152 g/mol. The largest absolute Gasteiger partial charge is 0.377 e. The Bertz CT molecular complexity index is 177. The zero-order valence-electron chi connectivity index (χ0n) is 7.39. The summed E-state index contributed by atoms with van der Waals surface area (Å²) < 4.78 is 5.33. The Morgan fingerprint density at radius 3 is 2.73 bits per heavy atom. The summed E-state index contributed by atoms with van der Waals surface area (Å²) in [5.41, 5.74) is 2.77. The van der Waals surface area contributed by atoms with Crippen molar-refractivity contribution < 1.29 is 4.74 Å². The molecule has 0 aliphatic heterocycles. The van der Waals surface area contributed by atoms with E-state index in [0.717, 1.165) is 13.2 Å². The summed E-state index contributed by atoms with van der Waals surface area (Å²) in [7, 11) is 0. The minimum atomic E-state index is 0.791. The lowest BCUT2D eigenvalue weighted by Gasteiger charge is -2.11. The molecule has 0 radical (unpaired) electrons. The van der Waals surface area contributed by atoms with Crippen LogP contribution in [-0.4, -0.2) is 13.2 Å². The Labute approximate surface area is 68.8 Å². The molecule has 0 atom stereocenters. The van der Waals surface area contributed by atoms with Gasteiger partial charge in [-0.3, -0.25) is 0 Å². The van der Waals surface area contributed by atoms with Crippen LogP contribution in [-0.2, 0) is 4.74 Å². The average Bonchev–Trinajstić information content (AvgIpc) is 2.03. The smallest absolute Gasteiger partial charge is 0.0716 e. The van der Waals surface area contributed by atoms with Crippen LogP contribution in [0.15, 0.2) is 23.3 Å². The fourth-order valence-corrected chi connectivity index (χ4v) is 1.23. The number of ether oxygens (including phenoxy) is 1. The Balaban J connectivity index is 2.43. The van der Waals surface area contributed by atoms with Crippen molar-refractivity contribution in [3.05, 3.63) is 23.3 Å². The summed E-state index contributed by atoms with van der Waals surface area (Å²) in [6.45, 7) is 5.79. The van der Waals surface area contributed by atoms with Crippen LogP contribution >= 0.6 is 0 Å². The van der Waals surface area contributed by atoms with E-state index >= 15 is 0 Å². The molecule has 0 aromatic carbocycles. The summed E-state index contributed by atoms with van der Waals surface area (Å²) in [6, 6.07) is 0. The fraction of sp³-hybridized carbons (Fsp3) is 0.600. The molecular formula is C10H16O. The monoisotopic (exact) mass is 152 g/mol. The molecule has 11 heavy (non-hydrogen) atoms. The fourth-order valence-electron chi connectivity index (χ4n) is 1.23. The van der Waals surface area contributed by atoms with Gasteiger partial charge in [-0.1, -0.05) is 12.2 Å². The Kier molecular flexibility index (Phi) is 3.37. The van der Waals surface area contributed by atoms with Crippen molar-refractivity contribution in [2.24, 2.45) is 0 Å². The van der Waals surface area contributed by atoms with Crippen molar-refractivity contribution in [3.8, 4) is 0 Å². The molecule has 0 saturated carbocycles.